The van der Waals surface area contributed by atoms with Gasteiger partial charge in [-0.2, -0.15) is 0 Å². The lowest BCUT2D eigenvalue weighted by molar-refractivity contribution is 0.141. The Balaban J connectivity index is 1.97. The number of hydrogen-bond acceptors (Lipinski definition) is 3. The van der Waals surface area contributed by atoms with E-state index in [1.807, 2.05) is 24.3 Å². The smallest absolute Gasteiger partial charge is 0.124 e. The minimum atomic E-state index is 0.212. The van der Waals surface area contributed by atoms with E-state index in [1.165, 1.54) is 0 Å². The predicted molar refractivity (Wildman–Crippen MR) is 50.7 cm³/mol. The Bertz CT molecular complexity index is 265. The van der Waals surface area contributed by atoms with E-state index < -0.39 is 0 Å². The van der Waals surface area contributed by atoms with E-state index in [4.69, 9.17) is 15.2 Å². The van der Waals surface area contributed by atoms with E-state index in [0.29, 0.717) is 6.61 Å². The van der Waals surface area contributed by atoms with Crippen molar-refractivity contribution in [3.63, 3.8) is 0 Å². The Morgan fingerprint density at radius 3 is 2.69 bits per heavy atom. The second-order valence-electron chi connectivity index (χ2n) is 3.17. The molecule has 70 valence electrons. The van der Waals surface area contributed by atoms with Crippen LogP contribution in [0.15, 0.2) is 24.3 Å². The standard InChI is InChI=1S/C10H13NO2/c11-8-1-3-9(4-2-8)13-10-5-6-12-7-10/h1-4,10H,5-7,11H2/t10-/m0/s1. The fourth-order valence-electron chi connectivity index (χ4n) is 1.34. The van der Waals surface area contributed by atoms with Crippen molar-refractivity contribution < 1.29 is 9.47 Å². The maximum Gasteiger partial charge on any atom is 0.124 e. The van der Waals surface area contributed by atoms with E-state index in [-0.39, 0.29) is 6.10 Å². The molecule has 0 bridgehead atoms. The summed E-state index contributed by atoms with van der Waals surface area (Å²) in [6.45, 7) is 1.50. The Kier molecular flexibility index (Phi) is 2.36. The van der Waals surface area contributed by atoms with Crippen LogP contribution in [-0.4, -0.2) is 19.3 Å². The van der Waals surface area contributed by atoms with Gasteiger partial charge in [-0.1, -0.05) is 0 Å². The summed E-state index contributed by atoms with van der Waals surface area (Å²) in [5.41, 5.74) is 6.31. The van der Waals surface area contributed by atoms with E-state index >= 15 is 0 Å². The SMILES string of the molecule is Nc1ccc(O[C@H]2CCOC2)cc1. The van der Waals surface area contributed by atoms with Crippen LogP contribution in [0.25, 0.3) is 0 Å². The highest BCUT2D eigenvalue weighted by Crippen LogP contribution is 2.17. The molecule has 2 rings (SSSR count). The summed E-state index contributed by atoms with van der Waals surface area (Å²) in [5.74, 6) is 0.865. The van der Waals surface area contributed by atoms with Crippen molar-refractivity contribution in [3.05, 3.63) is 24.3 Å². The normalized spacial score (nSPS) is 21.7. The van der Waals surface area contributed by atoms with Crippen LogP contribution >= 0.6 is 0 Å². The monoisotopic (exact) mass is 179 g/mol. The second-order valence-corrected chi connectivity index (χ2v) is 3.17. The average molecular weight is 179 g/mol. The molecule has 1 aromatic carbocycles. The molecule has 2 N–H and O–H groups in total. The van der Waals surface area contributed by atoms with E-state index in [1.54, 1.807) is 0 Å². The fraction of sp³-hybridized carbons (Fsp3) is 0.400. The lowest BCUT2D eigenvalue weighted by Crippen LogP contribution is -2.15. The molecule has 0 aromatic heterocycles. The zero-order chi connectivity index (χ0) is 9.10. The van der Waals surface area contributed by atoms with Gasteiger partial charge in [-0.25, -0.2) is 0 Å². The molecule has 1 fully saturated rings. The summed E-state index contributed by atoms with van der Waals surface area (Å²) >= 11 is 0. The summed E-state index contributed by atoms with van der Waals surface area (Å²) in [6, 6.07) is 7.44. The maximum atomic E-state index is 5.65. The number of benzene rings is 1. The third kappa shape index (κ3) is 2.12. The van der Waals surface area contributed by atoms with Crippen molar-refractivity contribution in [1.29, 1.82) is 0 Å². The van der Waals surface area contributed by atoms with Crippen molar-refractivity contribution in [1.82, 2.24) is 0 Å². The van der Waals surface area contributed by atoms with Crippen molar-refractivity contribution in [2.75, 3.05) is 18.9 Å². The topological polar surface area (TPSA) is 44.5 Å². The molecular formula is C10H13NO2. The van der Waals surface area contributed by atoms with Gasteiger partial charge in [-0.15, -0.1) is 0 Å². The molecule has 1 aromatic rings. The van der Waals surface area contributed by atoms with Crippen LogP contribution in [0.2, 0.25) is 0 Å². The molecule has 0 saturated carbocycles. The first-order valence-corrected chi connectivity index (χ1v) is 4.44. The van der Waals surface area contributed by atoms with Crippen LogP contribution in [-0.2, 0) is 4.74 Å². The summed E-state index contributed by atoms with van der Waals surface area (Å²) in [5, 5.41) is 0. The molecule has 1 atom stereocenters. The van der Waals surface area contributed by atoms with Gasteiger partial charge in [0.25, 0.3) is 0 Å². The van der Waals surface area contributed by atoms with E-state index in [9.17, 15) is 0 Å². The van der Waals surface area contributed by atoms with Crippen LogP contribution in [0.4, 0.5) is 5.69 Å². The first-order chi connectivity index (χ1) is 6.34. The third-order valence-corrected chi connectivity index (χ3v) is 2.07. The van der Waals surface area contributed by atoms with Gasteiger partial charge in [0.15, 0.2) is 0 Å². The minimum Gasteiger partial charge on any atom is -0.488 e. The van der Waals surface area contributed by atoms with E-state index in [0.717, 1.165) is 24.5 Å². The van der Waals surface area contributed by atoms with Crippen LogP contribution < -0.4 is 10.5 Å². The lowest BCUT2D eigenvalue weighted by Gasteiger charge is -2.11. The summed E-state index contributed by atoms with van der Waals surface area (Å²) in [7, 11) is 0. The first kappa shape index (κ1) is 8.38. The Morgan fingerprint density at radius 2 is 2.08 bits per heavy atom. The van der Waals surface area contributed by atoms with Crippen molar-refractivity contribution in [3.8, 4) is 5.75 Å². The van der Waals surface area contributed by atoms with Gasteiger partial charge in [0, 0.05) is 12.1 Å². The van der Waals surface area contributed by atoms with Gasteiger partial charge in [-0.05, 0) is 24.3 Å². The lowest BCUT2D eigenvalue weighted by atomic mass is 10.3. The van der Waals surface area contributed by atoms with E-state index in [2.05, 4.69) is 0 Å². The molecule has 0 radical (unpaired) electrons. The number of rotatable bonds is 2. The maximum absolute atomic E-state index is 5.65. The van der Waals surface area contributed by atoms with Crippen LogP contribution in [0.1, 0.15) is 6.42 Å². The molecule has 3 nitrogen and oxygen atoms in total. The van der Waals surface area contributed by atoms with Gasteiger partial charge in [0.2, 0.25) is 0 Å². The number of anilines is 1. The van der Waals surface area contributed by atoms with Gasteiger partial charge in [-0.3, -0.25) is 0 Å². The molecule has 1 aliphatic rings. The molecular weight excluding hydrogens is 166 g/mol. The molecule has 1 heterocycles. The number of ether oxygens (including phenoxy) is 2. The molecule has 0 unspecified atom stereocenters. The fourth-order valence-corrected chi connectivity index (χ4v) is 1.34. The quantitative estimate of drug-likeness (QED) is 0.698. The zero-order valence-corrected chi connectivity index (χ0v) is 7.40. The number of nitrogens with two attached hydrogens (primary N) is 1. The number of nitrogen functional groups attached to an aromatic ring is 1. The molecule has 1 aliphatic heterocycles. The Hall–Kier alpha value is -1.22. The Labute approximate surface area is 77.5 Å². The summed E-state index contributed by atoms with van der Waals surface area (Å²) in [6.07, 6.45) is 1.19. The molecule has 3 heteroatoms. The highest BCUT2D eigenvalue weighted by molar-refractivity contribution is 5.41. The highest BCUT2D eigenvalue weighted by atomic mass is 16.5. The predicted octanol–water partition coefficient (Wildman–Crippen LogP) is 1.44. The van der Waals surface area contributed by atoms with Crippen LogP contribution in [0.5, 0.6) is 5.75 Å². The molecule has 0 spiro atoms. The second kappa shape index (κ2) is 3.66. The van der Waals surface area contributed by atoms with Crippen LogP contribution in [0.3, 0.4) is 0 Å². The Morgan fingerprint density at radius 1 is 1.31 bits per heavy atom. The van der Waals surface area contributed by atoms with Crippen molar-refractivity contribution in [2.24, 2.45) is 0 Å². The zero-order valence-electron chi connectivity index (χ0n) is 7.40. The average Bonchev–Trinajstić information content (AvgIpc) is 2.62. The van der Waals surface area contributed by atoms with Gasteiger partial charge in [0.1, 0.15) is 11.9 Å². The highest BCUT2D eigenvalue weighted by Gasteiger charge is 2.16. The minimum absolute atomic E-state index is 0.212. The number of hydrogen-bond donors (Lipinski definition) is 1. The molecule has 1 saturated heterocycles. The van der Waals surface area contributed by atoms with Crippen LogP contribution in [0, 0.1) is 0 Å². The van der Waals surface area contributed by atoms with Crippen molar-refractivity contribution >= 4 is 5.69 Å². The first-order valence-electron chi connectivity index (χ1n) is 4.44. The van der Waals surface area contributed by atoms with Gasteiger partial charge in [0.05, 0.1) is 13.2 Å². The summed E-state index contributed by atoms with van der Waals surface area (Å²) in [4.78, 5) is 0. The molecule has 13 heavy (non-hydrogen) atoms. The largest absolute Gasteiger partial charge is 0.488 e. The molecule has 0 aliphatic carbocycles. The molecule has 0 amide bonds. The van der Waals surface area contributed by atoms with Gasteiger partial charge < -0.3 is 15.2 Å². The van der Waals surface area contributed by atoms with Gasteiger partial charge >= 0.3 is 0 Å². The summed E-state index contributed by atoms with van der Waals surface area (Å²) < 4.78 is 10.9. The van der Waals surface area contributed by atoms with Crippen molar-refractivity contribution in [2.45, 2.75) is 12.5 Å². The third-order valence-electron chi connectivity index (χ3n) is 2.07.